The number of nitrogens with zero attached hydrogens (tertiary/aromatic N) is 3. The van der Waals surface area contributed by atoms with Gasteiger partial charge in [0.1, 0.15) is 40.6 Å². The van der Waals surface area contributed by atoms with Crippen molar-refractivity contribution in [2.45, 2.75) is 32.3 Å². The zero-order valence-electron chi connectivity index (χ0n) is 16.7. The third-order valence-corrected chi connectivity index (χ3v) is 5.83. The summed E-state index contributed by atoms with van der Waals surface area (Å²) in [6.45, 7) is 2.82. The molecule has 1 saturated heterocycles. The lowest BCUT2D eigenvalue weighted by Crippen LogP contribution is -2.24. The van der Waals surface area contributed by atoms with Crippen LogP contribution in [0.2, 0.25) is 0 Å². The minimum absolute atomic E-state index is 0.0668. The van der Waals surface area contributed by atoms with E-state index in [4.69, 9.17) is 9.47 Å². The molecular formula is C22H21F2N3O3. The van der Waals surface area contributed by atoms with E-state index in [0.717, 1.165) is 29.5 Å². The van der Waals surface area contributed by atoms with E-state index in [1.807, 2.05) is 24.6 Å². The van der Waals surface area contributed by atoms with Gasteiger partial charge in [0.25, 0.3) is 0 Å². The SMILES string of the molecule is Cc1nc2c(OC3CCOc4cc(F)cc(F)c43)cc(N3CCCC3=O)cc2n1C. The van der Waals surface area contributed by atoms with E-state index in [2.05, 4.69) is 4.98 Å². The highest BCUT2D eigenvalue weighted by atomic mass is 19.1. The van der Waals surface area contributed by atoms with Crippen molar-refractivity contribution in [3.05, 3.63) is 47.3 Å². The van der Waals surface area contributed by atoms with E-state index in [1.54, 1.807) is 11.0 Å². The molecule has 1 aromatic heterocycles. The third kappa shape index (κ3) is 2.98. The van der Waals surface area contributed by atoms with Crippen molar-refractivity contribution < 1.29 is 23.0 Å². The fourth-order valence-corrected chi connectivity index (χ4v) is 4.21. The van der Waals surface area contributed by atoms with Gasteiger partial charge in [-0.05, 0) is 19.4 Å². The van der Waals surface area contributed by atoms with Gasteiger partial charge in [-0.15, -0.1) is 0 Å². The Morgan fingerprint density at radius 1 is 1.23 bits per heavy atom. The van der Waals surface area contributed by atoms with Gasteiger partial charge in [-0.3, -0.25) is 4.79 Å². The molecule has 0 bridgehead atoms. The number of halogens is 2. The zero-order valence-corrected chi connectivity index (χ0v) is 16.7. The van der Waals surface area contributed by atoms with Crippen LogP contribution in [0.1, 0.15) is 36.8 Å². The van der Waals surface area contributed by atoms with Crippen LogP contribution in [-0.4, -0.2) is 28.6 Å². The van der Waals surface area contributed by atoms with E-state index < -0.39 is 17.7 Å². The van der Waals surface area contributed by atoms with Crippen molar-refractivity contribution in [1.82, 2.24) is 9.55 Å². The van der Waals surface area contributed by atoms with Crippen molar-refractivity contribution in [1.29, 1.82) is 0 Å². The topological polar surface area (TPSA) is 56.6 Å². The van der Waals surface area contributed by atoms with Gasteiger partial charge in [-0.25, -0.2) is 13.8 Å². The first-order valence-corrected chi connectivity index (χ1v) is 9.98. The summed E-state index contributed by atoms with van der Waals surface area (Å²) < 4.78 is 41.8. The molecule has 8 heteroatoms. The van der Waals surface area contributed by atoms with Crippen LogP contribution >= 0.6 is 0 Å². The summed E-state index contributed by atoms with van der Waals surface area (Å²) in [5, 5.41) is 0. The Morgan fingerprint density at radius 2 is 2.07 bits per heavy atom. The van der Waals surface area contributed by atoms with Gasteiger partial charge in [0.05, 0.1) is 17.7 Å². The molecule has 5 rings (SSSR count). The molecule has 6 nitrogen and oxygen atoms in total. The standard InChI is InChI=1S/C22H21F2N3O3/c1-12-25-22-16(26(12)2)10-14(27-6-3-4-20(27)28)11-19(22)30-17-5-7-29-18-9-13(23)8-15(24)21(17)18/h8-11,17H,3-7H2,1-2H3. The zero-order chi connectivity index (χ0) is 21.0. The molecule has 0 spiro atoms. The Bertz CT molecular complexity index is 1170. The number of amides is 1. The predicted molar refractivity (Wildman–Crippen MR) is 107 cm³/mol. The van der Waals surface area contributed by atoms with Gasteiger partial charge in [0.2, 0.25) is 5.91 Å². The molecule has 3 heterocycles. The molecule has 1 atom stereocenters. The van der Waals surface area contributed by atoms with Gasteiger partial charge < -0.3 is 18.9 Å². The molecule has 1 fully saturated rings. The van der Waals surface area contributed by atoms with Crippen LogP contribution in [0.3, 0.4) is 0 Å². The summed E-state index contributed by atoms with van der Waals surface area (Å²) in [5.74, 6) is 0.0891. The molecular weight excluding hydrogens is 392 g/mol. The smallest absolute Gasteiger partial charge is 0.227 e. The number of carbonyl (C=O) groups excluding carboxylic acids is 1. The maximum atomic E-state index is 14.6. The number of aryl methyl sites for hydroxylation is 2. The van der Waals surface area contributed by atoms with Gasteiger partial charge in [-0.2, -0.15) is 0 Å². The maximum Gasteiger partial charge on any atom is 0.227 e. The van der Waals surface area contributed by atoms with Crippen LogP contribution in [0.25, 0.3) is 11.0 Å². The summed E-state index contributed by atoms with van der Waals surface area (Å²) in [6, 6.07) is 5.73. The Morgan fingerprint density at radius 3 is 2.83 bits per heavy atom. The Labute approximate surface area is 172 Å². The van der Waals surface area contributed by atoms with Crippen LogP contribution in [-0.2, 0) is 11.8 Å². The molecule has 0 saturated carbocycles. The number of fused-ring (bicyclic) bond motifs is 2. The van der Waals surface area contributed by atoms with E-state index in [-0.39, 0.29) is 23.8 Å². The van der Waals surface area contributed by atoms with Crippen molar-refractivity contribution in [3.63, 3.8) is 0 Å². The lowest BCUT2D eigenvalue weighted by Gasteiger charge is -2.27. The van der Waals surface area contributed by atoms with E-state index in [9.17, 15) is 13.6 Å². The molecule has 156 valence electrons. The van der Waals surface area contributed by atoms with E-state index in [1.165, 1.54) is 6.07 Å². The van der Waals surface area contributed by atoms with Crippen molar-refractivity contribution in [2.24, 2.45) is 7.05 Å². The average Bonchev–Trinajstić information content (AvgIpc) is 3.25. The number of ether oxygens (including phenoxy) is 2. The Kier molecular flexibility index (Phi) is 4.38. The van der Waals surface area contributed by atoms with Crippen LogP contribution in [0.4, 0.5) is 14.5 Å². The molecule has 3 aromatic rings. The monoisotopic (exact) mass is 413 g/mol. The summed E-state index contributed by atoms with van der Waals surface area (Å²) in [7, 11) is 1.90. The Hall–Kier alpha value is -3.16. The van der Waals surface area contributed by atoms with Gasteiger partial charge >= 0.3 is 0 Å². The lowest BCUT2D eigenvalue weighted by molar-refractivity contribution is -0.117. The number of benzene rings is 2. The lowest BCUT2D eigenvalue weighted by atomic mass is 10.0. The number of imidazole rings is 1. The maximum absolute atomic E-state index is 14.6. The predicted octanol–water partition coefficient (Wildman–Crippen LogP) is 4.19. The molecule has 2 aliphatic heterocycles. The molecule has 30 heavy (non-hydrogen) atoms. The molecule has 1 amide bonds. The second-order valence-corrected chi connectivity index (χ2v) is 7.72. The number of aromatic nitrogens is 2. The van der Waals surface area contributed by atoms with Crippen LogP contribution < -0.4 is 14.4 Å². The Balaban J connectivity index is 1.61. The summed E-state index contributed by atoms with van der Waals surface area (Å²) in [5.41, 5.74) is 2.40. The number of carbonyl (C=O) groups is 1. The third-order valence-electron chi connectivity index (χ3n) is 5.83. The quantitative estimate of drug-likeness (QED) is 0.646. The first-order valence-electron chi connectivity index (χ1n) is 9.98. The van der Waals surface area contributed by atoms with Crippen molar-refractivity contribution in [3.8, 4) is 11.5 Å². The number of hydrogen-bond acceptors (Lipinski definition) is 4. The fourth-order valence-electron chi connectivity index (χ4n) is 4.21. The largest absolute Gasteiger partial charge is 0.493 e. The van der Waals surface area contributed by atoms with Crippen LogP contribution in [0.15, 0.2) is 24.3 Å². The highest BCUT2D eigenvalue weighted by molar-refractivity contribution is 5.98. The highest BCUT2D eigenvalue weighted by Gasteiger charge is 2.30. The van der Waals surface area contributed by atoms with E-state index >= 15 is 0 Å². The van der Waals surface area contributed by atoms with Gasteiger partial charge in [0.15, 0.2) is 0 Å². The van der Waals surface area contributed by atoms with Crippen molar-refractivity contribution >= 4 is 22.6 Å². The van der Waals surface area contributed by atoms with Gasteiger partial charge in [0, 0.05) is 50.3 Å². The number of hydrogen-bond donors (Lipinski definition) is 0. The molecule has 0 aliphatic carbocycles. The van der Waals surface area contributed by atoms with Crippen LogP contribution in [0, 0.1) is 18.6 Å². The fraction of sp³-hybridized carbons (Fsp3) is 0.364. The second kappa shape index (κ2) is 6.97. The minimum atomic E-state index is -0.700. The first kappa shape index (κ1) is 18.8. The molecule has 1 unspecified atom stereocenters. The molecule has 0 N–H and O–H groups in total. The van der Waals surface area contributed by atoms with Crippen LogP contribution in [0.5, 0.6) is 11.5 Å². The average molecular weight is 413 g/mol. The minimum Gasteiger partial charge on any atom is -0.493 e. The molecule has 2 aromatic carbocycles. The summed E-state index contributed by atoms with van der Waals surface area (Å²) in [4.78, 5) is 18.6. The number of rotatable bonds is 3. The highest BCUT2D eigenvalue weighted by Crippen LogP contribution is 2.41. The summed E-state index contributed by atoms with van der Waals surface area (Å²) >= 11 is 0. The normalized spacial score (nSPS) is 18.6. The first-order chi connectivity index (χ1) is 14.4. The molecule has 2 aliphatic rings. The second-order valence-electron chi connectivity index (χ2n) is 7.72. The van der Waals surface area contributed by atoms with Gasteiger partial charge in [-0.1, -0.05) is 0 Å². The summed E-state index contributed by atoms with van der Waals surface area (Å²) in [6.07, 6.45) is 1.09. The van der Waals surface area contributed by atoms with E-state index in [0.29, 0.717) is 30.7 Å². The van der Waals surface area contributed by atoms with Crippen molar-refractivity contribution in [2.75, 3.05) is 18.1 Å². The molecule has 0 radical (unpaired) electrons. The number of anilines is 1.